The third kappa shape index (κ3) is 6.52. The molecule has 27 heavy (non-hydrogen) atoms. The van der Waals surface area contributed by atoms with E-state index >= 15 is 0 Å². The monoisotopic (exact) mass is 369 g/mol. The largest absolute Gasteiger partial charge is 0.468 e. The van der Waals surface area contributed by atoms with Gasteiger partial charge in [-0.15, -0.1) is 0 Å². The predicted octanol–water partition coefficient (Wildman–Crippen LogP) is 3.15. The smallest absolute Gasteiger partial charge is 0.233 e. The van der Waals surface area contributed by atoms with Gasteiger partial charge in [-0.3, -0.25) is 9.69 Å². The average molecular weight is 370 g/mol. The Labute approximate surface area is 162 Å². The summed E-state index contributed by atoms with van der Waals surface area (Å²) in [6.45, 7) is 3.97. The van der Waals surface area contributed by atoms with Gasteiger partial charge in [-0.1, -0.05) is 36.8 Å². The molecular formula is C22H31N3O2. The Bertz CT molecular complexity index is 651. The zero-order valence-corrected chi connectivity index (χ0v) is 16.0. The molecule has 1 aliphatic heterocycles. The fourth-order valence-electron chi connectivity index (χ4n) is 3.67. The standard InChI is InChI=1S/C22H31N3O2/c26-22(24-13-7-11-19-9-3-1-4-10-19)18-23-17-20(21-12-8-16-27-21)25-14-5-2-6-15-25/h1,3-4,8-10,12,16,20,23H,2,5-7,11,13-15,17-18H2,(H,24,26)/t20-/m0/s1. The second-order valence-corrected chi connectivity index (χ2v) is 7.20. The Morgan fingerprint density at radius 2 is 1.89 bits per heavy atom. The maximum Gasteiger partial charge on any atom is 0.233 e. The topological polar surface area (TPSA) is 57.5 Å². The molecule has 0 bridgehead atoms. The number of aryl methyl sites for hydroxylation is 1. The highest BCUT2D eigenvalue weighted by atomic mass is 16.3. The molecule has 5 nitrogen and oxygen atoms in total. The van der Waals surface area contributed by atoms with Crippen LogP contribution in [0.4, 0.5) is 0 Å². The number of rotatable bonds is 10. The number of likely N-dealkylation sites (tertiary alicyclic amines) is 1. The molecule has 146 valence electrons. The molecule has 2 aromatic rings. The molecule has 1 aliphatic rings. The van der Waals surface area contributed by atoms with E-state index in [2.05, 4.69) is 39.8 Å². The highest BCUT2D eigenvalue weighted by molar-refractivity contribution is 5.77. The van der Waals surface area contributed by atoms with Gasteiger partial charge in [0, 0.05) is 13.1 Å². The van der Waals surface area contributed by atoms with Crippen molar-refractivity contribution in [1.29, 1.82) is 0 Å². The Balaban J connectivity index is 1.35. The van der Waals surface area contributed by atoms with Gasteiger partial charge in [0.25, 0.3) is 0 Å². The molecule has 0 saturated carbocycles. The fourth-order valence-corrected chi connectivity index (χ4v) is 3.67. The minimum atomic E-state index is 0.0555. The lowest BCUT2D eigenvalue weighted by Crippen LogP contribution is -2.42. The molecule has 1 fully saturated rings. The SMILES string of the molecule is O=C(CNC[C@@H](c1ccco1)N1CCCCC1)NCCCc1ccccc1. The zero-order valence-electron chi connectivity index (χ0n) is 16.0. The molecule has 1 aromatic heterocycles. The molecule has 2 heterocycles. The molecule has 1 saturated heterocycles. The first kappa shape index (κ1) is 19.6. The summed E-state index contributed by atoms with van der Waals surface area (Å²) < 4.78 is 5.65. The number of nitrogens with one attached hydrogen (secondary N) is 2. The van der Waals surface area contributed by atoms with Crippen LogP contribution in [0, 0.1) is 0 Å². The highest BCUT2D eigenvalue weighted by Crippen LogP contribution is 2.24. The second-order valence-electron chi connectivity index (χ2n) is 7.20. The van der Waals surface area contributed by atoms with Crippen LogP contribution in [0.5, 0.6) is 0 Å². The van der Waals surface area contributed by atoms with Crippen molar-refractivity contribution in [2.45, 2.75) is 38.1 Å². The lowest BCUT2D eigenvalue weighted by Gasteiger charge is -2.33. The minimum absolute atomic E-state index is 0.0555. The first-order chi connectivity index (χ1) is 13.3. The van der Waals surface area contributed by atoms with Gasteiger partial charge in [-0.2, -0.15) is 0 Å². The van der Waals surface area contributed by atoms with Gasteiger partial charge in [-0.05, 0) is 56.5 Å². The van der Waals surface area contributed by atoms with E-state index in [0.29, 0.717) is 13.1 Å². The molecule has 3 rings (SSSR count). The van der Waals surface area contributed by atoms with Gasteiger partial charge in [0.15, 0.2) is 0 Å². The van der Waals surface area contributed by atoms with Gasteiger partial charge >= 0.3 is 0 Å². The number of piperidine rings is 1. The Kier molecular flexibility index (Phi) is 7.93. The summed E-state index contributed by atoms with van der Waals surface area (Å²) in [5.41, 5.74) is 1.31. The van der Waals surface area contributed by atoms with Crippen LogP contribution in [-0.2, 0) is 11.2 Å². The number of carbonyl (C=O) groups is 1. The molecule has 0 spiro atoms. The number of hydrogen-bond donors (Lipinski definition) is 2. The first-order valence-electron chi connectivity index (χ1n) is 10.1. The fraction of sp³-hybridized carbons (Fsp3) is 0.500. The van der Waals surface area contributed by atoms with E-state index < -0.39 is 0 Å². The summed E-state index contributed by atoms with van der Waals surface area (Å²) in [6.07, 6.45) is 7.45. The molecule has 0 radical (unpaired) electrons. The third-order valence-corrected chi connectivity index (χ3v) is 5.13. The summed E-state index contributed by atoms with van der Waals surface area (Å²) in [4.78, 5) is 14.6. The van der Waals surface area contributed by atoms with E-state index in [-0.39, 0.29) is 11.9 Å². The van der Waals surface area contributed by atoms with Crippen molar-refractivity contribution in [1.82, 2.24) is 15.5 Å². The van der Waals surface area contributed by atoms with Crippen molar-refractivity contribution in [3.8, 4) is 0 Å². The normalized spacial score (nSPS) is 16.1. The van der Waals surface area contributed by atoms with Crippen LogP contribution in [0.15, 0.2) is 53.1 Å². The maximum atomic E-state index is 12.1. The summed E-state index contributed by atoms with van der Waals surface area (Å²) in [6, 6.07) is 14.5. The van der Waals surface area contributed by atoms with Crippen LogP contribution in [0.2, 0.25) is 0 Å². The van der Waals surface area contributed by atoms with E-state index in [1.54, 1.807) is 6.26 Å². The molecule has 2 N–H and O–H groups in total. The van der Waals surface area contributed by atoms with Crippen LogP contribution in [0.3, 0.4) is 0 Å². The van der Waals surface area contributed by atoms with E-state index in [1.165, 1.54) is 24.8 Å². The van der Waals surface area contributed by atoms with Crippen molar-refractivity contribution in [3.05, 3.63) is 60.1 Å². The summed E-state index contributed by atoms with van der Waals surface area (Å²) in [5, 5.41) is 6.32. The quantitative estimate of drug-likeness (QED) is 0.632. The van der Waals surface area contributed by atoms with Crippen molar-refractivity contribution in [2.24, 2.45) is 0 Å². The van der Waals surface area contributed by atoms with Crippen molar-refractivity contribution < 1.29 is 9.21 Å². The van der Waals surface area contributed by atoms with Gasteiger partial charge in [-0.25, -0.2) is 0 Å². The molecule has 0 aliphatic carbocycles. The van der Waals surface area contributed by atoms with E-state index in [0.717, 1.165) is 38.2 Å². The van der Waals surface area contributed by atoms with Gasteiger partial charge in [0.1, 0.15) is 5.76 Å². The lowest BCUT2D eigenvalue weighted by molar-refractivity contribution is -0.120. The lowest BCUT2D eigenvalue weighted by atomic mass is 10.1. The summed E-state index contributed by atoms with van der Waals surface area (Å²) in [5.74, 6) is 1.03. The number of furan rings is 1. The maximum absolute atomic E-state index is 12.1. The molecule has 1 amide bonds. The molecule has 5 heteroatoms. The number of amides is 1. The first-order valence-corrected chi connectivity index (χ1v) is 10.1. The van der Waals surface area contributed by atoms with E-state index in [9.17, 15) is 4.79 Å². The molecule has 1 atom stereocenters. The highest BCUT2D eigenvalue weighted by Gasteiger charge is 2.24. The molecular weight excluding hydrogens is 338 g/mol. The molecule has 1 aromatic carbocycles. The van der Waals surface area contributed by atoms with Crippen molar-refractivity contribution in [2.75, 3.05) is 32.7 Å². The van der Waals surface area contributed by atoms with Crippen molar-refractivity contribution in [3.63, 3.8) is 0 Å². The van der Waals surface area contributed by atoms with E-state index in [1.807, 2.05) is 18.2 Å². The average Bonchev–Trinajstić information content (AvgIpc) is 3.24. The van der Waals surface area contributed by atoms with Crippen LogP contribution in [-0.4, -0.2) is 43.5 Å². The Morgan fingerprint density at radius 1 is 1.07 bits per heavy atom. The predicted molar refractivity (Wildman–Crippen MR) is 108 cm³/mol. The summed E-state index contributed by atoms with van der Waals surface area (Å²) in [7, 11) is 0. The van der Waals surface area contributed by atoms with Crippen LogP contribution < -0.4 is 10.6 Å². The number of benzene rings is 1. The van der Waals surface area contributed by atoms with Crippen molar-refractivity contribution >= 4 is 5.91 Å². The summed E-state index contributed by atoms with van der Waals surface area (Å²) >= 11 is 0. The van der Waals surface area contributed by atoms with Gasteiger partial charge < -0.3 is 15.1 Å². The Morgan fingerprint density at radius 3 is 2.63 bits per heavy atom. The number of hydrogen-bond acceptors (Lipinski definition) is 4. The van der Waals surface area contributed by atoms with Crippen LogP contribution in [0.25, 0.3) is 0 Å². The third-order valence-electron chi connectivity index (χ3n) is 5.13. The minimum Gasteiger partial charge on any atom is -0.468 e. The van der Waals surface area contributed by atoms with Crippen LogP contribution >= 0.6 is 0 Å². The van der Waals surface area contributed by atoms with E-state index in [4.69, 9.17) is 4.42 Å². The van der Waals surface area contributed by atoms with Gasteiger partial charge in [0.2, 0.25) is 5.91 Å². The zero-order chi connectivity index (χ0) is 18.7. The second kappa shape index (κ2) is 10.9. The molecule has 0 unspecified atom stereocenters. The Hall–Kier alpha value is -2.11. The van der Waals surface area contributed by atoms with Crippen LogP contribution in [0.1, 0.15) is 43.0 Å². The van der Waals surface area contributed by atoms with Gasteiger partial charge in [0.05, 0.1) is 18.8 Å². The number of nitrogens with zero attached hydrogens (tertiary/aromatic N) is 1. The number of carbonyl (C=O) groups excluding carboxylic acids is 1.